The number of nitrogens with zero attached hydrogens (tertiary/aromatic N) is 2. The number of aryl methyl sites for hydroxylation is 2. The van der Waals surface area contributed by atoms with Crippen molar-refractivity contribution in [1.29, 1.82) is 0 Å². The second kappa shape index (κ2) is 5.60. The van der Waals surface area contributed by atoms with Gasteiger partial charge in [0.15, 0.2) is 5.82 Å². The zero-order chi connectivity index (χ0) is 15.1. The minimum Gasteiger partial charge on any atom is -0.231 e. The highest BCUT2D eigenvalue weighted by molar-refractivity contribution is 14.1. The highest BCUT2D eigenvalue weighted by Gasteiger charge is 2.23. The van der Waals surface area contributed by atoms with E-state index < -0.39 is 0 Å². The van der Waals surface area contributed by atoms with Crippen molar-refractivity contribution in [3.8, 4) is 11.4 Å². The third-order valence-electron chi connectivity index (χ3n) is 3.00. The van der Waals surface area contributed by atoms with Crippen LogP contribution < -0.4 is 0 Å². The fraction of sp³-hybridized carbons (Fsp3) is 0.375. The molecule has 0 bridgehead atoms. The monoisotopic (exact) mass is 400 g/mol. The van der Waals surface area contributed by atoms with Crippen molar-refractivity contribution in [2.24, 2.45) is 0 Å². The van der Waals surface area contributed by atoms with Gasteiger partial charge in [-0.25, -0.2) is 9.97 Å². The minimum absolute atomic E-state index is 0.0588. The first-order valence-electron chi connectivity index (χ1n) is 6.50. The van der Waals surface area contributed by atoms with E-state index >= 15 is 0 Å². The molecule has 0 saturated heterocycles. The highest BCUT2D eigenvalue weighted by Crippen LogP contribution is 2.31. The lowest BCUT2D eigenvalue weighted by Gasteiger charge is -2.20. The number of benzene rings is 1. The van der Waals surface area contributed by atoms with E-state index in [1.54, 1.807) is 0 Å². The van der Waals surface area contributed by atoms with Crippen molar-refractivity contribution in [3.05, 3.63) is 43.7 Å². The van der Waals surface area contributed by atoms with E-state index in [1.807, 2.05) is 0 Å². The molecule has 1 aromatic carbocycles. The Morgan fingerprint density at radius 2 is 1.55 bits per heavy atom. The molecule has 0 fully saturated rings. The van der Waals surface area contributed by atoms with Gasteiger partial charge in [-0.3, -0.25) is 0 Å². The zero-order valence-electron chi connectivity index (χ0n) is 12.4. The lowest BCUT2D eigenvalue weighted by Crippen LogP contribution is -2.17. The average molecular weight is 401 g/mol. The number of rotatable bonds is 1. The van der Waals surface area contributed by atoms with Crippen LogP contribution >= 0.6 is 34.2 Å². The van der Waals surface area contributed by atoms with Gasteiger partial charge in [-0.05, 0) is 48.6 Å². The molecule has 106 valence electrons. The van der Waals surface area contributed by atoms with Crippen LogP contribution in [0.4, 0.5) is 0 Å². The Bertz CT molecular complexity index is 640. The SMILES string of the molecule is Cc1cc(C)cc(-c2nc(Cl)c(I)c(C(C)(C)C)n2)c1. The second-order valence-corrected chi connectivity index (χ2v) is 7.56. The van der Waals surface area contributed by atoms with Crippen molar-refractivity contribution in [2.75, 3.05) is 0 Å². The Hall–Kier alpha value is -0.680. The summed E-state index contributed by atoms with van der Waals surface area (Å²) in [4.78, 5) is 9.20. The molecule has 0 unspecified atom stereocenters. The number of halogens is 2. The second-order valence-electron chi connectivity index (χ2n) is 6.13. The summed E-state index contributed by atoms with van der Waals surface area (Å²) in [7, 11) is 0. The fourth-order valence-corrected chi connectivity index (χ4v) is 3.37. The lowest BCUT2D eigenvalue weighted by molar-refractivity contribution is 0.563. The van der Waals surface area contributed by atoms with Crippen molar-refractivity contribution in [1.82, 2.24) is 9.97 Å². The van der Waals surface area contributed by atoms with Crippen LogP contribution in [0.25, 0.3) is 11.4 Å². The molecule has 0 N–H and O–H groups in total. The molecule has 20 heavy (non-hydrogen) atoms. The molecule has 0 aliphatic carbocycles. The maximum absolute atomic E-state index is 6.30. The maximum atomic E-state index is 6.30. The van der Waals surface area contributed by atoms with Crippen LogP contribution in [-0.2, 0) is 5.41 Å². The van der Waals surface area contributed by atoms with E-state index in [0.29, 0.717) is 11.0 Å². The molecule has 4 heteroatoms. The largest absolute Gasteiger partial charge is 0.231 e. The molecule has 0 saturated carbocycles. The summed E-state index contributed by atoms with van der Waals surface area (Å²) < 4.78 is 0.935. The Morgan fingerprint density at radius 3 is 2.05 bits per heavy atom. The van der Waals surface area contributed by atoms with E-state index in [9.17, 15) is 0 Å². The zero-order valence-corrected chi connectivity index (χ0v) is 15.3. The molecular formula is C16H18ClIN2. The van der Waals surface area contributed by atoms with Gasteiger partial charge in [-0.15, -0.1) is 0 Å². The third kappa shape index (κ3) is 3.31. The Kier molecular flexibility index (Phi) is 4.40. The van der Waals surface area contributed by atoms with Gasteiger partial charge in [0, 0.05) is 11.0 Å². The van der Waals surface area contributed by atoms with Crippen LogP contribution in [0.3, 0.4) is 0 Å². The molecule has 0 spiro atoms. The summed E-state index contributed by atoms with van der Waals surface area (Å²) in [6.45, 7) is 10.6. The summed E-state index contributed by atoms with van der Waals surface area (Å²) in [5.74, 6) is 0.701. The first-order valence-corrected chi connectivity index (χ1v) is 7.96. The molecule has 0 atom stereocenters. The van der Waals surface area contributed by atoms with Crippen LogP contribution in [0.5, 0.6) is 0 Å². The molecule has 0 radical (unpaired) electrons. The normalized spacial score (nSPS) is 11.8. The number of hydrogen-bond donors (Lipinski definition) is 0. The van der Waals surface area contributed by atoms with Crippen molar-refractivity contribution in [3.63, 3.8) is 0 Å². The maximum Gasteiger partial charge on any atom is 0.161 e. The van der Waals surface area contributed by atoms with Crippen molar-refractivity contribution < 1.29 is 0 Å². The van der Waals surface area contributed by atoms with Crippen LogP contribution in [-0.4, -0.2) is 9.97 Å². The van der Waals surface area contributed by atoms with E-state index in [-0.39, 0.29) is 5.41 Å². The Balaban J connectivity index is 2.67. The van der Waals surface area contributed by atoms with Gasteiger partial charge in [-0.2, -0.15) is 0 Å². The summed E-state index contributed by atoms with van der Waals surface area (Å²) in [5.41, 5.74) is 4.36. The van der Waals surface area contributed by atoms with Gasteiger partial charge < -0.3 is 0 Å². The summed E-state index contributed by atoms with van der Waals surface area (Å²) in [5, 5.41) is 0.527. The van der Waals surface area contributed by atoms with Crippen LogP contribution in [0.2, 0.25) is 5.15 Å². The summed E-state index contributed by atoms with van der Waals surface area (Å²) in [6, 6.07) is 6.33. The van der Waals surface area contributed by atoms with Gasteiger partial charge in [0.1, 0.15) is 5.15 Å². The topological polar surface area (TPSA) is 25.8 Å². The van der Waals surface area contributed by atoms with E-state index in [1.165, 1.54) is 11.1 Å². The highest BCUT2D eigenvalue weighted by atomic mass is 127. The summed E-state index contributed by atoms with van der Waals surface area (Å²) in [6.07, 6.45) is 0. The number of aromatic nitrogens is 2. The van der Waals surface area contributed by atoms with Crippen LogP contribution in [0, 0.1) is 17.4 Å². The first kappa shape index (κ1) is 15.7. The quantitative estimate of drug-likeness (QED) is 0.478. The molecule has 0 amide bonds. The molecule has 0 aliphatic rings. The van der Waals surface area contributed by atoms with Gasteiger partial charge in [0.25, 0.3) is 0 Å². The van der Waals surface area contributed by atoms with E-state index in [4.69, 9.17) is 16.6 Å². The van der Waals surface area contributed by atoms with Gasteiger partial charge in [0.2, 0.25) is 0 Å². The molecule has 2 rings (SSSR count). The Morgan fingerprint density at radius 1 is 1.00 bits per heavy atom. The minimum atomic E-state index is -0.0588. The predicted octanol–water partition coefficient (Wildman–Crippen LogP) is 5.32. The van der Waals surface area contributed by atoms with Gasteiger partial charge in [0.05, 0.1) is 9.26 Å². The first-order chi connectivity index (χ1) is 9.18. The molecule has 1 aromatic heterocycles. The van der Waals surface area contributed by atoms with Crippen molar-refractivity contribution >= 4 is 34.2 Å². The lowest BCUT2D eigenvalue weighted by atomic mass is 9.92. The summed E-state index contributed by atoms with van der Waals surface area (Å²) >= 11 is 8.52. The van der Waals surface area contributed by atoms with Gasteiger partial charge >= 0.3 is 0 Å². The molecule has 1 heterocycles. The molecular weight excluding hydrogens is 383 g/mol. The van der Waals surface area contributed by atoms with Gasteiger partial charge in [-0.1, -0.05) is 49.6 Å². The smallest absolute Gasteiger partial charge is 0.161 e. The molecule has 2 aromatic rings. The fourth-order valence-electron chi connectivity index (χ4n) is 2.15. The van der Waals surface area contributed by atoms with Crippen LogP contribution in [0.15, 0.2) is 18.2 Å². The van der Waals surface area contributed by atoms with Crippen LogP contribution in [0.1, 0.15) is 37.6 Å². The Labute approximate surface area is 139 Å². The third-order valence-corrected chi connectivity index (χ3v) is 4.62. The molecule has 2 nitrogen and oxygen atoms in total. The predicted molar refractivity (Wildman–Crippen MR) is 93.4 cm³/mol. The average Bonchev–Trinajstić information content (AvgIpc) is 2.29. The van der Waals surface area contributed by atoms with E-state index in [2.05, 4.69) is 80.4 Å². The standard InChI is InChI=1S/C16H18ClIN2/c1-9-6-10(2)8-11(7-9)15-19-13(16(3,4)5)12(18)14(17)20-15/h6-8H,1-5H3. The molecule has 0 aliphatic heterocycles. The van der Waals surface area contributed by atoms with Crippen molar-refractivity contribution in [2.45, 2.75) is 40.0 Å². The van der Waals surface area contributed by atoms with E-state index in [0.717, 1.165) is 14.8 Å². The number of hydrogen-bond acceptors (Lipinski definition) is 2.